The Morgan fingerprint density at radius 3 is 2.97 bits per heavy atom. The molecule has 0 aliphatic carbocycles. The van der Waals surface area contributed by atoms with Crippen LogP contribution < -0.4 is 14.8 Å². The maximum atomic E-state index is 5.45. The molecule has 0 fully saturated rings. The summed E-state index contributed by atoms with van der Waals surface area (Å²) >= 11 is 0. The summed E-state index contributed by atoms with van der Waals surface area (Å²) < 4.78 is 12.7. The molecule has 3 aromatic heterocycles. The maximum Gasteiger partial charge on any atom is 0.231 e. The first-order chi connectivity index (χ1) is 14.3. The van der Waals surface area contributed by atoms with Gasteiger partial charge in [-0.2, -0.15) is 0 Å². The third kappa shape index (κ3) is 2.75. The van der Waals surface area contributed by atoms with Crippen molar-refractivity contribution in [1.29, 1.82) is 0 Å². The maximum absolute atomic E-state index is 5.45. The van der Waals surface area contributed by atoms with Crippen molar-refractivity contribution < 1.29 is 9.47 Å². The molecule has 1 aliphatic rings. The summed E-state index contributed by atoms with van der Waals surface area (Å²) in [7, 11) is 0. The highest BCUT2D eigenvalue weighted by Gasteiger charge is 2.13. The molecule has 0 unspecified atom stereocenters. The lowest BCUT2D eigenvalue weighted by molar-refractivity contribution is 0.174. The molecule has 0 saturated carbocycles. The molecule has 5 aromatic rings. The first kappa shape index (κ1) is 16.0. The number of nitrogens with one attached hydrogen (secondary N) is 2. The van der Waals surface area contributed by atoms with Crippen LogP contribution in [0.15, 0.2) is 67.0 Å². The van der Waals surface area contributed by atoms with Crippen molar-refractivity contribution in [2.45, 2.75) is 6.54 Å². The van der Waals surface area contributed by atoms with Gasteiger partial charge in [-0.25, -0.2) is 9.50 Å². The number of fused-ring (bicyclic) bond motifs is 3. The van der Waals surface area contributed by atoms with Crippen LogP contribution in [0.1, 0.15) is 5.56 Å². The van der Waals surface area contributed by atoms with Crippen molar-refractivity contribution in [3.05, 3.63) is 72.6 Å². The number of H-pyrrole nitrogens is 1. The summed E-state index contributed by atoms with van der Waals surface area (Å²) in [4.78, 5) is 7.72. The van der Waals surface area contributed by atoms with E-state index in [-0.39, 0.29) is 6.79 Å². The predicted octanol–water partition coefficient (Wildman–Crippen LogP) is 4.22. The smallest absolute Gasteiger partial charge is 0.231 e. The third-order valence-electron chi connectivity index (χ3n) is 5.12. The zero-order valence-corrected chi connectivity index (χ0v) is 15.4. The van der Waals surface area contributed by atoms with Crippen LogP contribution in [0, 0.1) is 0 Å². The van der Waals surface area contributed by atoms with Crippen LogP contribution in [-0.4, -0.2) is 26.4 Å². The molecule has 6 rings (SSSR count). The van der Waals surface area contributed by atoms with E-state index in [1.165, 1.54) is 0 Å². The fourth-order valence-electron chi connectivity index (χ4n) is 3.62. The van der Waals surface area contributed by atoms with E-state index in [0.717, 1.165) is 50.7 Å². The minimum absolute atomic E-state index is 0.280. The number of aromatic amines is 1. The van der Waals surface area contributed by atoms with Gasteiger partial charge >= 0.3 is 0 Å². The summed E-state index contributed by atoms with van der Waals surface area (Å²) in [5, 5.41) is 9.28. The fourth-order valence-corrected chi connectivity index (χ4v) is 3.62. The molecule has 0 amide bonds. The third-order valence-corrected chi connectivity index (χ3v) is 5.12. The van der Waals surface area contributed by atoms with Gasteiger partial charge in [0.2, 0.25) is 6.79 Å². The van der Waals surface area contributed by atoms with E-state index in [9.17, 15) is 0 Å². The normalized spacial score (nSPS) is 12.7. The summed E-state index contributed by atoms with van der Waals surface area (Å²) in [6, 6.07) is 18.2. The van der Waals surface area contributed by atoms with E-state index < -0.39 is 0 Å². The van der Waals surface area contributed by atoms with Gasteiger partial charge in [-0.1, -0.05) is 12.1 Å². The zero-order valence-electron chi connectivity index (χ0n) is 15.4. The Kier molecular flexibility index (Phi) is 3.46. The molecule has 142 valence electrons. The highest BCUT2D eigenvalue weighted by atomic mass is 16.7. The van der Waals surface area contributed by atoms with Crippen LogP contribution in [0.3, 0.4) is 0 Å². The quantitative estimate of drug-likeness (QED) is 0.486. The molecular weight excluding hydrogens is 366 g/mol. The van der Waals surface area contributed by atoms with Gasteiger partial charge in [0.15, 0.2) is 17.1 Å². The standard InChI is InChI=1S/C22H17N5O2/c1-4-19-20(29-13-28-19)9-14(1)11-24-21-5-6-22-25-12-18(27(22)26-21)16-2-3-17-15(10-16)7-8-23-17/h1-10,12,23H,11,13H2,(H,24,26). The number of anilines is 1. The van der Waals surface area contributed by atoms with Gasteiger partial charge in [0.05, 0.1) is 11.9 Å². The van der Waals surface area contributed by atoms with E-state index in [0.29, 0.717) is 6.54 Å². The Balaban J connectivity index is 1.30. The number of nitrogens with zero attached hydrogens (tertiary/aromatic N) is 3. The Morgan fingerprint density at radius 1 is 1.00 bits per heavy atom. The molecule has 0 spiro atoms. The van der Waals surface area contributed by atoms with E-state index in [1.807, 2.05) is 47.2 Å². The first-order valence-corrected chi connectivity index (χ1v) is 9.38. The first-order valence-electron chi connectivity index (χ1n) is 9.38. The molecule has 7 heteroatoms. The zero-order chi connectivity index (χ0) is 19.2. The molecular formula is C22H17N5O2. The van der Waals surface area contributed by atoms with Crippen LogP contribution >= 0.6 is 0 Å². The average molecular weight is 383 g/mol. The van der Waals surface area contributed by atoms with Crippen LogP contribution in [0.4, 0.5) is 5.82 Å². The van der Waals surface area contributed by atoms with E-state index >= 15 is 0 Å². The second-order valence-electron chi connectivity index (χ2n) is 6.95. The number of aromatic nitrogens is 4. The summed E-state index contributed by atoms with van der Waals surface area (Å²) in [5.41, 5.74) is 5.05. The van der Waals surface area contributed by atoms with Gasteiger partial charge in [0.25, 0.3) is 0 Å². The summed E-state index contributed by atoms with van der Waals surface area (Å²) in [6.45, 7) is 0.914. The van der Waals surface area contributed by atoms with Crippen molar-refractivity contribution in [1.82, 2.24) is 19.6 Å². The molecule has 2 N–H and O–H groups in total. The topological polar surface area (TPSA) is 76.5 Å². The average Bonchev–Trinajstić information content (AvgIpc) is 3.49. The van der Waals surface area contributed by atoms with Crippen molar-refractivity contribution in [3.8, 4) is 22.8 Å². The molecule has 0 radical (unpaired) electrons. The molecule has 29 heavy (non-hydrogen) atoms. The molecule has 1 aliphatic heterocycles. The number of hydrogen-bond donors (Lipinski definition) is 2. The predicted molar refractivity (Wildman–Crippen MR) is 110 cm³/mol. The highest BCUT2D eigenvalue weighted by molar-refractivity contribution is 5.84. The Hall–Kier alpha value is -4.00. The van der Waals surface area contributed by atoms with Crippen molar-refractivity contribution in [3.63, 3.8) is 0 Å². The second kappa shape index (κ2) is 6.27. The SMILES string of the molecule is c1cc2cc(-c3cnc4ccc(NCc5ccc6c(c5)OCO6)nn34)ccc2[nH]1. The summed E-state index contributed by atoms with van der Waals surface area (Å²) in [6.07, 6.45) is 3.80. The Morgan fingerprint density at radius 2 is 1.97 bits per heavy atom. The number of hydrogen-bond acceptors (Lipinski definition) is 5. The highest BCUT2D eigenvalue weighted by Crippen LogP contribution is 2.32. The van der Waals surface area contributed by atoms with Crippen LogP contribution in [0.25, 0.3) is 27.8 Å². The fraction of sp³-hybridized carbons (Fsp3) is 0.0909. The van der Waals surface area contributed by atoms with E-state index in [4.69, 9.17) is 14.6 Å². The number of ether oxygens (including phenoxy) is 2. The van der Waals surface area contributed by atoms with Gasteiger partial charge in [-0.3, -0.25) is 0 Å². The number of imidazole rings is 1. The number of rotatable bonds is 4. The molecule has 4 heterocycles. The lowest BCUT2D eigenvalue weighted by atomic mass is 10.1. The van der Waals surface area contributed by atoms with Crippen molar-refractivity contribution in [2.75, 3.05) is 12.1 Å². The Labute approximate surface area is 165 Å². The molecule has 2 aromatic carbocycles. The largest absolute Gasteiger partial charge is 0.454 e. The van der Waals surface area contributed by atoms with Gasteiger partial charge < -0.3 is 19.8 Å². The molecule has 0 saturated heterocycles. The second-order valence-corrected chi connectivity index (χ2v) is 6.95. The van der Waals surface area contributed by atoms with Crippen molar-refractivity contribution >= 4 is 22.4 Å². The van der Waals surface area contributed by atoms with Crippen LogP contribution in [-0.2, 0) is 6.54 Å². The molecule has 7 nitrogen and oxygen atoms in total. The van der Waals surface area contributed by atoms with Gasteiger partial charge in [0, 0.05) is 29.2 Å². The van der Waals surface area contributed by atoms with Crippen LogP contribution in [0.5, 0.6) is 11.5 Å². The van der Waals surface area contributed by atoms with Gasteiger partial charge in [-0.15, -0.1) is 5.10 Å². The minimum Gasteiger partial charge on any atom is -0.454 e. The lowest BCUT2D eigenvalue weighted by Crippen LogP contribution is -2.04. The lowest BCUT2D eigenvalue weighted by Gasteiger charge is -2.08. The molecule has 0 bridgehead atoms. The Bertz CT molecular complexity index is 1350. The van der Waals surface area contributed by atoms with Crippen molar-refractivity contribution in [2.24, 2.45) is 0 Å². The van der Waals surface area contributed by atoms with E-state index in [1.54, 1.807) is 0 Å². The minimum atomic E-state index is 0.280. The van der Waals surface area contributed by atoms with Gasteiger partial charge in [-0.05, 0) is 48.0 Å². The van der Waals surface area contributed by atoms with Crippen LogP contribution in [0.2, 0.25) is 0 Å². The summed E-state index contributed by atoms with van der Waals surface area (Å²) in [5.74, 6) is 2.35. The molecule has 0 atom stereocenters. The number of benzene rings is 2. The van der Waals surface area contributed by atoms with E-state index in [2.05, 4.69) is 39.6 Å². The monoisotopic (exact) mass is 383 g/mol. The van der Waals surface area contributed by atoms with Gasteiger partial charge in [0.1, 0.15) is 5.82 Å².